The molecule has 0 amide bonds. The second-order valence-corrected chi connectivity index (χ2v) is 5.38. The molecule has 1 atom stereocenters. The molecule has 0 aliphatic heterocycles. The number of methoxy groups -OCH3 is 1. The summed E-state index contributed by atoms with van der Waals surface area (Å²) in [7, 11) is 3.44. The highest BCUT2D eigenvalue weighted by atomic mass is 32.2. The van der Waals surface area contributed by atoms with Gasteiger partial charge < -0.3 is 10.1 Å². The Morgan fingerprint density at radius 3 is 2.78 bits per heavy atom. The van der Waals surface area contributed by atoms with Crippen molar-refractivity contribution < 1.29 is 9.13 Å². The maximum atomic E-state index is 13.6. The van der Waals surface area contributed by atoms with Gasteiger partial charge in [0.25, 0.3) is 0 Å². The van der Waals surface area contributed by atoms with Gasteiger partial charge in [-0.1, -0.05) is 13.0 Å². The van der Waals surface area contributed by atoms with E-state index in [1.54, 1.807) is 12.1 Å². The molecule has 102 valence electrons. The van der Waals surface area contributed by atoms with Crippen LogP contribution in [-0.2, 0) is 6.42 Å². The molecule has 18 heavy (non-hydrogen) atoms. The second-order valence-electron chi connectivity index (χ2n) is 4.23. The maximum absolute atomic E-state index is 13.6. The van der Waals surface area contributed by atoms with Gasteiger partial charge in [0.05, 0.1) is 7.11 Å². The van der Waals surface area contributed by atoms with Crippen LogP contribution in [0.5, 0.6) is 5.75 Å². The Kier molecular flexibility index (Phi) is 7.13. The largest absolute Gasteiger partial charge is 0.494 e. The highest BCUT2D eigenvalue weighted by molar-refractivity contribution is 7.99. The van der Waals surface area contributed by atoms with Crippen molar-refractivity contribution in [1.82, 2.24) is 5.32 Å². The predicted octanol–water partition coefficient (Wildman–Crippen LogP) is 3.11. The van der Waals surface area contributed by atoms with Gasteiger partial charge in [-0.3, -0.25) is 0 Å². The average Bonchev–Trinajstić information content (AvgIpc) is 2.38. The molecule has 2 nitrogen and oxygen atoms in total. The maximum Gasteiger partial charge on any atom is 0.165 e. The minimum absolute atomic E-state index is 0.286. The van der Waals surface area contributed by atoms with Crippen LogP contribution in [0.3, 0.4) is 0 Å². The van der Waals surface area contributed by atoms with Crippen molar-refractivity contribution in [1.29, 1.82) is 0 Å². The zero-order valence-corrected chi connectivity index (χ0v) is 12.1. The van der Waals surface area contributed by atoms with Crippen LogP contribution in [0.25, 0.3) is 0 Å². The Labute approximate surface area is 113 Å². The molecule has 0 aliphatic rings. The number of benzene rings is 1. The fraction of sp³-hybridized carbons (Fsp3) is 0.571. The monoisotopic (exact) mass is 271 g/mol. The molecular formula is C14H22FNOS. The van der Waals surface area contributed by atoms with Crippen LogP contribution >= 0.6 is 11.8 Å². The van der Waals surface area contributed by atoms with Crippen molar-refractivity contribution in [2.75, 3.05) is 25.7 Å². The Bertz CT molecular complexity index is 360. The smallest absolute Gasteiger partial charge is 0.165 e. The van der Waals surface area contributed by atoms with Crippen LogP contribution in [0, 0.1) is 5.82 Å². The zero-order chi connectivity index (χ0) is 13.4. The fourth-order valence-corrected chi connectivity index (χ4v) is 2.76. The Morgan fingerprint density at radius 1 is 1.44 bits per heavy atom. The van der Waals surface area contributed by atoms with E-state index in [9.17, 15) is 4.39 Å². The quantitative estimate of drug-likeness (QED) is 0.734. The molecule has 1 aromatic rings. The van der Waals surface area contributed by atoms with Gasteiger partial charge in [0.15, 0.2) is 11.6 Å². The molecule has 1 N–H and O–H groups in total. The van der Waals surface area contributed by atoms with Gasteiger partial charge in [-0.15, -0.1) is 0 Å². The van der Waals surface area contributed by atoms with Gasteiger partial charge in [-0.2, -0.15) is 11.8 Å². The topological polar surface area (TPSA) is 21.3 Å². The fourth-order valence-electron chi connectivity index (χ4n) is 1.74. The lowest BCUT2D eigenvalue weighted by Gasteiger charge is -2.16. The van der Waals surface area contributed by atoms with E-state index >= 15 is 0 Å². The molecule has 1 rings (SSSR count). The first kappa shape index (κ1) is 15.3. The van der Waals surface area contributed by atoms with Crippen molar-refractivity contribution in [3.05, 3.63) is 29.6 Å². The molecule has 0 saturated carbocycles. The molecule has 0 saturated heterocycles. The number of nitrogens with one attached hydrogen (secondary N) is 1. The number of halogens is 1. The lowest BCUT2D eigenvalue weighted by atomic mass is 10.1. The third-order valence-electron chi connectivity index (χ3n) is 2.77. The van der Waals surface area contributed by atoms with Crippen LogP contribution in [0.1, 0.15) is 18.9 Å². The Balaban J connectivity index is 2.55. The van der Waals surface area contributed by atoms with Crippen molar-refractivity contribution in [3.63, 3.8) is 0 Å². The molecule has 0 fully saturated rings. The van der Waals surface area contributed by atoms with Gasteiger partial charge in [-0.05, 0) is 43.3 Å². The summed E-state index contributed by atoms with van der Waals surface area (Å²) < 4.78 is 18.5. The van der Waals surface area contributed by atoms with Crippen LogP contribution in [0.2, 0.25) is 0 Å². The Hall–Kier alpha value is -0.740. The number of thioether (sulfide) groups is 1. The second kappa shape index (κ2) is 8.38. The summed E-state index contributed by atoms with van der Waals surface area (Å²) >= 11 is 1.94. The summed E-state index contributed by atoms with van der Waals surface area (Å²) in [5.41, 5.74) is 1.00. The molecule has 0 radical (unpaired) electrons. The lowest BCUT2D eigenvalue weighted by molar-refractivity contribution is 0.386. The molecule has 4 heteroatoms. The normalized spacial score (nSPS) is 12.4. The third-order valence-corrected chi connectivity index (χ3v) is 4.11. The van der Waals surface area contributed by atoms with Crippen LogP contribution in [0.4, 0.5) is 4.39 Å². The Morgan fingerprint density at radius 2 is 2.22 bits per heavy atom. The highest BCUT2D eigenvalue weighted by Crippen LogP contribution is 2.19. The third kappa shape index (κ3) is 4.86. The zero-order valence-electron chi connectivity index (χ0n) is 11.3. The molecule has 1 aromatic carbocycles. The van der Waals surface area contributed by atoms with E-state index in [0.717, 1.165) is 17.7 Å². The van der Waals surface area contributed by atoms with Gasteiger partial charge >= 0.3 is 0 Å². The first-order valence-electron chi connectivity index (χ1n) is 6.28. The molecule has 0 aliphatic carbocycles. The first-order chi connectivity index (χ1) is 8.71. The van der Waals surface area contributed by atoms with Gasteiger partial charge in [0.2, 0.25) is 0 Å². The van der Waals surface area contributed by atoms with Crippen molar-refractivity contribution in [2.24, 2.45) is 0 Å². The number of ether oxygens (including phenoxy) is 1. The summed E-state index contributed by atoms with van der Waals surface area (Å²) in [5, 5.41) is 3.28. The molecule has 0 spiro atoms. The van der Waals surface area contributed by atoms with Crippen molar-refractivity contribution >= 4 is 11.8 Å². The van der Waals surface area contributed by atoms with Crippen LogP contribution in [0.15, 0.2) is 18.2 Å². The van der Waals surface area contributed by atoms with E-state index < -0.39 is 0 Å². The minimum atomic E-state index is -0.286. The summed E-state index contributed by atoms with van der Waals surface area (Å²) in [6.45, 7) is 2.18. The van der Waals surface area contributed by atoms with Crippen molar-refractivity contribution in [2.45, 2.75) is 25.8 Å². The van der Waals surface area contributed by atoms with E-state index in [4.69, 9.17) is 4.74 Å². The summed E-state index contributed by atoms with van der Waals surface area (Å²) in [5.74, 6) is 2.25. The number of rotatable bonds is 8. The minimum Gasteiger partial charge on any atom is -0.494 e. The number of hydrogen-bond donors (Lipinski definition) is 1. The standard InChI is InChI=1S/C14H22FNOS/c1-4-7-18-10-12(16-2)8-11-5-6-14(17-3)13(15)9-11/h5-6,9,12,16H,4,7-8,10H2,1-3H3. The summed E-state index contributed by atoms with van der Waals surface area (Å²) in [6.07, 6.45) is 2.03. The number of hydrogen-bond acceptors (Lipinski definition) is 3. The number of likely N-dealkylation sites (N-methyl/N-ethyl adjacent to an activating group) is 1. The first-order valence-corrected chi connectivity index (χ1v) is 7.44. The van der Waals surface area contributed by atoms with E-state index in [2.05, 4.69) is 12.2 Å². The molecule has 0 aromatic heterocycles. The van der Waals surface area contributed by atoms with Gasteiger partial charge in [0.1, 0.15) is 0 Å². The van der Waals surface area contributed by atoms with E-state index in [1.807, 2.05) is 24.9 Å². The van der Waals surface area contributed by atoms with Gasteiger partial charge in [-0.25, -0.2) is 4.39 Å². The molecule has 0 heterocycles. The SMILES string of the molecule is CCCSCC(Cc1ccc(OC)c(F)c1)NC. The van der Waals surface area contributed by atoms with E-state index in [1.165, 1.54) is 19.3 Å². The van der Waals surface area contributed by atoms with E-state index in [0.29, 0.717) is 11.8 Å². The molecule has 1 unspecified atom stereocenters. The van der Waals surface area contributed by atoms with Crippen LogP contribution in [-0.4, -0.2) is 31.7 Å². The average molecular weight is 271 g/mol. The van der Waals surface area contributed by atoms with Gasteiger partial charge in [0, 0.05) is 11.8 Å². The lowest BCUT2D eigenvalue weighted by Crippen LogP contribution is -2.30. The van der Waals surface area contributed by atoms with Crippen LogP contribution < -0.4 is 10.1 Å². The predicted molar refractivity (Wildman–Crippen MR) is 77.1 cm³/mol. The highest BCUT2D eigenvalue weighted by Gasteiger charge is 2.09. The van der Waals surface area contributed by atoms with E-state index in [-0.39, 0.29) is 5.82 Å². The molecular weight excluding hydrogens is 249 g/mol. The summed E-state index contributed by atoms with van der Waals surface area (Å²) in [4.78, 5) is 0. The summed E-state index contributed by atoms with van der Waals surface area (Å²) in [6, 6.07) is 5.57. The molecule has 0 bridgehead atoms. The van der Waals surface area contributed by atoms with Crippen molar-refractivity contribution in [3.8, 4) is 5.75 Å².